The molecular weight excluding hydrogens is 268 g/mol. The van der Waals surface area contributed by atoms with E-state index in [1.54, 1.807) is 6.20 Å². The van der Waals surface area contributed by atoms with Crippen molar-refractivity contribution in [2.75, 3.05) is 0 Å². The molecule has 0 radical (unpaired) electrons. The van der Waals surface area contributed by atoms with E-state index in [4.69, 9.17) is 5.84 Å². The zero-order chi connectivity index (χ0) is 11.5. The van der Waals surface area contributed by atoms with Crippen molar-refractivity contribution >= 4 is 15.9 Å². The number of hydrogen-bond donors (Lipinski definition) is 2. The predicted molar refractivity (Wildman–Crippen MR) is 66.5 cm³/mol. The van der Waals surface area contributed by atoms with Crippen LogP contribution < -0.4 is 11.3 Å². The molecule has 4 nitrogen and oxygen atoms in total. The van der Waals surface area contributed by atoms with E-state index in [0.29, 0.717) is 0 Å². The lowest BCUT2D eigenvalue weighted by atomic mass is 10.0. The highest BCUT2D eigenvalue weighted by Crippen LogP contribution is 2.23. The van der Waals surface area contributed by atoms with Crippen molar-refractivity contribution in [3.05, 3.63) is 52.3 Å². The van der Waals surface area contributed by atoms with Crippen molar-refractivity contribution in [1.82, 2.24) is 15.2 Å². The van der Waals surface area contributed by atoms with Gasteiger partial charge in [-0.05, 0) is 23.8 Å². The van der Waals surface area contributed by atoms with Crippen LogP contribution >= 0.6 is 15.9 Å². The summed E-state index contributed by atoms with van der Waals surface area (Å²) in [5.41, 5.74) is 4.93. The maximum atomic E-state index is 5.61. The normalized spacial score (nSPS) is 12.7. The Morgan fingerprint density at radius 2 is 2.25 bits per heavy atom. The van der Waals surface area contributed by atoms with Gasteiger partial charge in [-0.15, -0.1) is 0 Å². The van der Waals surface area contributed by atoms with Gasteiger partial charge in [-0.25, -0.2) is 5.43 Å². The van der Waals surface area contributed by atoms with Gasteiger partial charge >= 0.3 is 0 Å². The number of hydrazine groups is 1. The summed E-state index contributed by atoms with van der Waals surface area (Å²) < 4.78 is 2.85. The molecule has 1 aromatic carbocycles. The molecule has 0 amide bonds. The third kappa shape index (κ3) is 2.16. The Hall–Kier alpha value is -1.17. The maximum absolute atomic E-state index is 5.61. The van der Waals surface area contributed by atoms with Crippen LogP contribution in [0.2, 0.25) is 0 Å². The van der Waals surface area contributed by atoms with Gasteiger partial charge in [0.2, 0.25) is 0 Å². The summed E-state index contributed by atoms with van der Waals surface area (Å²) in [5.74, 6) is 5.61. The molecule has 1 heterocycles. The van der Waals surface area contributed by atoms with Gasteiger partial charge in [-0.3, -0.25) is 10.5 Å². The van der Waals surface area contributed by atoms with Crippen molar-refractivity contribution in [3.8, 4) is 0 Å². The topological polar surface area (TPSA) is 55.9 Å². The van der Waals surface area contributed by atoms with Gasteiger partial charge in [0.1, 0.15) is 0 Å². The van der Waals surface area contributed by atoms with E-state index in [1.807, 2.05) is 42.1 Å². The highest BCUT2D eigenvalue weighted by Gasteiger charge is 2.15. The molecule has 0 aliphatic heterocycles. The summed E-state index contributed by atoms with van der Waals surface area (Å²) in [4.78, 5) is 0. The average molecular weight is 281 g/mol. The fourth-order valence-corrected chi connectivity index (χ4v) is 2.12. The lowest BCUT2D eigenvalue weighted by Crippen LogP contribution is -2.30. The summed E-state index contributed by atoms with van der Waals surface area (Å²) in [6, 6.07) is 9.94. The van der Waals surface area contributed by atoms with Crippen LogP contribution in [0.5, 0.6) is 0 Å². The van der Waals surface area contributed by atoms with Crippen LogP contribution in [0.3, 0.4) is 0 Å². The first kappa shape index (κ1) is 11.3. The van der Waals surface area contributed by atoms with Gasteiger partial charge in [-0.1, -0.05) is 28.1 Å². The number of rotatable bonds is 3. The minimum atomic E-state index is -0.0509. The summed E-state index contributed by atoms with van der Waals surface area (Å²) in [5, 5.41) is 4.14. The quantitative estimate of drug-likeness (QED) is 0.665. The second kappa shape index (κ2) is 4.78. The number of aromatic nitrogens is 2. The molecule has 2 aromatic rings. The van der Waals surface area contributed by atoms with E-state index in [-0.39, 0.29) is 6.04 Å². The van der Waals surface area contributed by atoms with Crippen LogP contribution in [0.15, 0.2) is 41.0 Å². The number of halogens is 1. The lowest BCUT2D eigenvalue weighted by molar-refractivity contribution is 0.575. The van der Waals surface area contributed by atoms with Gasteiger partial charge in [0.15, 0.2) is 0 Å². The van der Waals surface area contributed by atoms with Crippen LogP contribution in [-0.2, 0) is 7.05 Å². The Bertz CT molecular complexity index is 480. The van der Waals surface area contributed by atoms with Gasteiger partial charge in [-0.2, -0.15) is 5.10 Å². The Morgan fingerprint density at radius 1 is 1.44 bits per heavy atom. The second-order valence-corrected chi connectivity index (χ2v) is 4.45. The summed E-state index contributed by atoms with van der Waals surface area (Å²) >= 11 is 3.45. The molecule has 0 saturated heterocycles. The standard InChI is InChI=1S/C11H13BrN4/c1-16-10(5-6-14-16)11(15-13)8-3-2-4-9(12)7-8/h2-7,11,15H,13H2,1H3. The van der Waals surface area contributed by atoms with Crippen LogP contribution in [-0.4, -0.2) is 9.78 Å². The number of benzene rings is 1. The van der Waals surface area contributed by atoms with Crippen molar-refractivity contribution in [3.63, 3.8) is 0 Å². The van der Waals surface area contributed by atoms with E-state index in [2.05, 4.69) is 26.5 Å². The van der Waals surface area contributed by atoms with Crippen LogP contribution in [0.4, 0.5) is 0 Å². The molecule has 0 fully saturated rings. The highest BCUT2D eigenvalue weighted by molar-refractivity contribution is 9.10. The molecule has 84 valence electrons. The molecule has 1 unspecified atom stereocenters. The fourth-order valence-electron chi connectivity index (χ4n) is 1.71. The van der Waals surface area contributed by atoms with Crippen molar-refractivity contribution < 1.29 is 0 Å². The van der Waals surface area contributed by atoms with E-state index in [9.17, 15) is 0 Å². The van der Waals surface area contributed by atoms with Crippen LogP contribution in [0.25, 0.3) is 0 Å². The molecule has 1 aromatic heterocycles. The summed E-state index contributed by atoms with van der Waals surface area (Å²) in [7, 11) is 1.90. The van der Waals surface area contributed by atoms with Crippen molar-refractivity contribution in [2.45, 2.75) is 6.04 Å². The van der Waals surface area contributed by atoms with Crippen LogP contribution in [0, 0.1) is 0 Å². The smallest absolute Gasteiger partial charge is 0.0878 e. The fraction of sp³-hybridized carbons (Fsp3) is 0.182. The second-order valence-electron chi connectivity index (χ2n) is 3.53. The molecule has 16 heavy (non-hydrogen) atoms. The molecule has 0 saturated carbocycles. The lowest BCUT2D eigenvalue weighted by Gasteiger charge is -2.16. The van der Waals surface area contributed by atoms with Crippen LogP contribution in [0.1, 0.15) is 17.3 Å². The van der Waals surface area contributed by atoms with E-state index in [1.165, 1.54) is 0 Å². The first-order valence-electron chi connectivity index (χ1n) is 4.92. The van der Waals surface area contributed by atoms with E-state index < -0.39 is 0 Å². The summed E-state index contributed by atoms with van der Waals surface area (Å²) in [6.45, 7) is 0. The molecule has 0 aliphatic rings. The Labute approximate surface area is 103 Å². The molecule has 3 N–H and O–H groups in total. The predicted octanol–water partition coefficient (Wildman–Crippen LogP) is 1.74. The molecule has 2 rings (SSSR count). The number of nitrogens with one attached hydrogen (secondary N) is 1. The van der Waals surface area contributed by atoms with Crippen molar-refractivity contribution in [2.24, 2.45) is 12.9 Å². The number of nitrogens with zero attached hydrogens (tertiary/aromatic N) is 2. The van der Waals surface area contributed by atoms with E-state index in [0.717, 1.165) is 15.7 Å². The molecular formula is C11H13BrN4. The summed E-state index contributed by atoms with van der Waals surface area (Å²) in [6.07, 6.45) is 1.76. The van der Waals surface area contributed by atoms with Gasteiger partial charge < -0.3 is 0 Å². The van der Waals surface area contributed by atoms with Gasteiger partial charge in [0.05, 0.1) is 11.7 Å². The Morgan fingerprint density at radius 3 is 2.81 bits per heavy atom. The van der Waals surface area contributed by atoms with Gasteiger partial charge in [0.25, 0.3) is 0 Å². The molecule has 0 spiro atoms. The number of nitrogens with two attached hydrogens (primary N) is 1. The third-order valence-electron chi connectivity index (χ3n) is 2.50. The monoisotopic (exact) mass is 280 g/mol. The molecule has 5 heteroatoms. The zero-order valence-corrected chi connectivity index (χ0v) is 10.5. The maximum Gasteiger partial charge on any atom is 0.0878 e. The molecule has 1 atom stereocenters. The minimum Gasteiger partial charge on any atom is -0.271 e. The zero-order valence-electron chi connectivity index (χ0n) is 8.89. The largest absolute Gasteiger partial charge is 0.271 e. The Kier molecular flexibility index (Phi) is 3.38. The highest BCUT2D eigenvalue weighted by atomic mass is 79.9. The van der Waals surface area contributed by atoms with Gasteiger partial charge in [0, 0.05) is 17.7 Å². The molecule has 0 aliphatic carbocycles. The SMILES string of the molecule is Cn1nccc1C(NN)c1cccc(Br)c1. The Balaban J connectivity index is 2.40. The number of aryl methyl sites for hydroxylation is 1. The minimum absolute atomic E-state index is 0.0509. The number of hydrogen-bond acceptors (Lipinski definition) is 3. The molecule has 0 bridgehead atoms. The average Bonchev–Trinajstić information content (AvgIpc) is 2.67. The van der Waals surface area contributed by atoms with Crippen molar-refractivity contribution in [1.29, 1.82) is 0 Å². The first-order valence-corrected chi connectivity index (χ1v) is 5.71. The van der Waals surface area contributed by atoms with E-state index >= 15 is 0 Å². The first-order chi connectivity index (χ1) is 7.72. The third-order valence-corrected chi connectivity index (χ3v) is 3.00.